The molecule has 3 N–H and O–H groups in total. The van der Waals surface area contributed by atoms with E-state index in [0.717, 1.165) is 44.9 Å². The fraction of sp³-hybridized carbons (Fsp3) is 0.769. The Labute approximate surface area is 200 Å². The number of carboxylic acids is 1. The van der Waals surface area contributed by atoms with Gasteiger partial charge in [-0.15, -0.1) is 0 Å². The summed E-state index contributed by atoms with van der Waals surface area (Å²) in [6.45, 7) is 3.90. The Kier molecular flexibility index (Phi) is 6.91. The van der Waals surface area contributed by atoms with Gasteiger partial charge >= 0.3 is 11.9 Å². The molecule has 8 heteroatoms. The number of aliphatic hydroxyl groups excluding tert-OH is 1. The number of hydrogen-bond donors (Lipinski definition) is 3. The van der Waals surface area contributed by atoms with Gasteiger partial charge in [-0.05, 0) is 74.2 Å². The normalized spacial score (nSPS) is 37.5. The van der Waals surface area contributed by atoms with Gasteiger partial charge in [0, 0.05) is 18.3 Å². The first kappa shape index (κ1) is 24.9. The maximum atomic E-state index is 12.6. The van der Waals surface area contributed by atoms with Crippen molar-refractivity contribution in [2.24, 2.45) is 28.6 Å². The van der Waals surface area contributed by atoms with Crippen LogP contribution >= 0.6 is 0 Å². The fourth-order valence-corrected chi connectivity index (χ4v) is 7.59. The average molecular weight is 476 g/mol. The van der Waals surface area contributed by atoms with E-state index in [1.165, 1.54) is 5.57 Å². The molecule has 4 rings (SSSR count). The van der Waals surface area contributed by atoms with Gasteiger partial charge in [-0.2, -0.15) is 0 Å². The predicted molar refractivity (Wildman–Crippen MR) is 122 cm³/mol. The number of ketones is 1. The summed E-state index contributed by atoms with van der Waals surface area (Å²) in [7, 11) is 0. The molecule has 8 nitrogen and oxygen atoms in total. The minimum absolute atomic E-state index is 0.0769. The number of rotatable bonds is 7. The summed E-state index contributed by atoms with van der Waals surface area (Å²) in [6, 6.07) is -1.37. The van der Waals surface area contributed by atoms with E-state index in [1.807, 2.05) is 6.08 Å². The SMILES string of the molecule is C[C@@]12CCC3C(CCC4=CC(=O)CC[C@]43C)C1CCC2OC(=O)CCC(=O)NC(CO)C(=O)O. The quantitative estimate of drug-likeness (QED) is 0.483. The van der Waals surface area contributed by atoms with Crippen LogP contribution in [0.4, 0.5) is 0 Å². The van der Waals surface area contributed by atoms with Crippen molar-refractivity contribution in [3.05, 3.63) is 11.6 Å². The van der Waals surface area contributed by atoms with Crippen molar-refractivity contribution in [3.8, 4) is 0 Å². The lowest BCUT2D eigenvalue weighted by Gasteiger charge is -2.57. The molecule has 7 atom stereocenters. The molecule has 0 aliphatic heterocycles. The number of carbonyl (C=O) groups excluding carboxylic acids is 3. The van der Waals surface area contributed by atoms with Crippen LogP contribution in [0, 0.1) is 28.6 Å². The molecule has 0 aromatic heterocycles. The highest BCUT2D eigenvalue weighted by molar-refractivity contribution is 5.91. The summed E-state index contributed by atoms with van der Waals surface area (Å²) in [6.07, 6.45) is 9.05. The van der Waals surface area contributed by atoms with Crippen molar-refractivity contribution in [2.45, 2.75) is 90.2 Å². The molecule has 4 aliphatic rings. The van der Waals surface area contributed by atoms with Crippen LogP contribution in [0.1, 0.15) is 78.1 Å². The number of fused-ring (bicyclic) bond motifs is 5. The van der Waals surface area contributed by atoms with E-state index in [1.54, 1.807) is 0 Å². The first-order valence-corrected chi connectivity index (χ1v) is 12.6. The maximum absolute atomic E-state index is 12.6. The van der Waals surface area contributed by atoms with Gasteiger partial charge in [0.1, 0.15) is 12.1 Å². The molecule has 5 unspecified atom stereocenters. The van der Waals surface area contributed by atoms with Gasteiger partial charge in [0.15, 0.2) is 5.78 Å². The van der Waals surface area contributed by atoms with Crippen LogP contribution < -0.4 is 5.32 Å². The molecule has 34 heavy (non-hydrogen) atoms. The smallest absolute Gasteiger partial charge is 0.328 e. The number of aliphatic carboxylic acids is 1. The van der Waals surface area contributed by atoms with Gasteiger partial charge in [0.05, 0.1) is 13.0 Å². The van der Waals surface area contributed by atoms with Crippen molar-refractivity contribution in [1.29, 1.82) is 0 Å². The van der Waals surface area contributed by atoms with Crippen LogP contribution in [0.5, 0.6) is 0 Å². The van der Waals surface area contributed by atoms with Crippen molar-refractivity contribution in [2.75, 3.05) is 6.61 Å². The molecule has 188 valence electrons. The van der Waals surface area contributed by atoms with Crippen LogP contribution in [-0.4, -0.2) is 52.6 Å². The van der Waals surface area contributed by atoms with Gasteiger partial charge in [0.2, 0.25) is 5.91 Å². The number of carboxylic acid groups (broad SMARTS) is 1. The van der Waals surface area contributed by atoms with E-state index in [0.29, 0.717) is 24.2 Å². The van der Waals surface area contributed by atoms with Gasteiger partial charge in [-0.3, -0.25) is 14.4 Å². The molecule has 0 spiro atoms. The lowest BCUT2D eigenvalue weighted by atomic mass is 9.47. The summed E-state index contributed by atoms with van der Waals surface area (Å²) in [5, 5.41) is 20.1. The summed E-state index contributed by atoms with van der Waals surface area (Å²) in [4.78, 5) is 47.4. The zero-order valence-corrected chi connectivity index (χ0v) is 20.2. The Hall–Kier alpha value is -2.22. The third-order valence-electron chi connectivity index (χ3n) is 9.52. The predicted octanol–water partition coefficient (Wildman–Crippen LogP) is 2.77. The van der Waals surface area contributed by atoms with Crippen LogP contribution in [0.15, 0.2) is 11.6 Å². The molecular weight excluding hydrogens is 438 g/mol. The van der Waals surface area contributed by atoms with E-state index < -0.39 is 30.5 Å². The van der Waals surface area contributed by atoms with Crippen LogP contribution in [-0.2, 0) is 23.9 Å². The molecule has 3 fully saturated rings. The Morgan fingerprint density at radius 3 is 2.56 bits per heavy atom. The Morgan fingerprint density at radius 1 is 1.09 bits per heavy atom. The highest BCUT2D eigenvalue weighted by atomic mass is 16.5. The Bertz CT molecular complexity index is 898. The number of esters is 1. The molecule has 0 bridgehead atoms. The molecule has 0 aromatic carbocycles. The van der Waals surface area contributed by atoms with E-state index in [9.17, 15) is 19.2 Å². The average Bonchev–Trinajstić information content (AvgIpc) is 3.12. The molecule has 3 saturated carbocycles. The zero-order valence-electron chi connectivity index (χ0n) is 20.2. The van der Waals surface area contributed by atoms with E-state index in [-0.39, 0.29) is 35.6 Å². The van der Waals surface area contributed by atoms with Gasteiger partial charge in [0.25, 0.3) is 0 Å². The minimum atomic E-state index is -1.37. The van der Waals surface area contributed by atoms with Crippen molar-refractivity contribution < 1.29 is 34.1 Å². The minimum Gasteiger partial charge on any atom is -0.480 e. The van der Waals surface area contributed by atoms with Crippen LogP contribution in [0.3, 0.4) is 0 Å². The number of amides is 1. The summed E-state index contributed by atoms with van der Waals surface area (Å²) in [5.41, 5.74) is 1.38. The zero-order chi connectivity index (χ0) is 24.7. The van der Waals surface area contributed by atoms with E-state index >= 15 is 0 Å². The standard InChI is InChI=1S/C26H37NO7/c1-25-11-9-16(29)13-15(25)3-4-17-18-5-6-21(26(18,2)12-10-19(17)25)34-23(31)8-7-22(30)27-20(14-28)24(32)33/h13,17-21,28H,3-12,14H2,1-2H3,(H,27,30)(H,32,33)/t17?,18?,19?,20?,21?,25-,26-/m1/s1. The topological polar surface area (TPSA) is 130 Å². The molecule has 1 amide bonds. The monoisotopic (exact) mass is 475 g/mol. The lowest BCUT2D eigenvalue weighted by Crippen LogP contribution is -2.51. The number of hydrogen-bond acceptors (Lipinski definition) is 6. The van der Waals surface area contributed by atoms with Crippen LogP contribution in [0.25, 0.3) is 0 Å². The molecule has 0 aromatic rings. The second-order valence-corrected chi connectivity index (χ2v) is 11.2. The van der Waals surface area contributed by atoms with Gasteiger partial charge in [-0.25, -0.2) is 4.79 Å². The maximum Gasteiger partial charge on any atom is 0.328 e. The van der Waals surface area contributed by atoms with E-state index in [4.69, 9.17) is 14.9 Å². The summed E-state index contributed by atoms with van der Waals surface area (Å²) >= 11 is 0. The molecule has 0 radical (unpaired) electrons. The van der Waals surface area contributed by atoms with Gasteiger partial charge in [-0.1, -0.05) is 19.4 Å². The largest absolute Gasteiger partial charge is 0.480 e. The highest BCUT2D eigenvalue weighted by Gasteiger charge is 2.59. The van der Waals surface area contributed by atoms with Crippen LogP contribution in [0.2, 0.25) is 0 Å². The van der Waals surface area contributed by atoms with Crippen molar-refractivity contribution in [3.63, 3.8) is 0 Å². The number of ether oxygens (including phenoxy) is 1. The molecule has 0 heterocycles. The second-order valence-electron chi connectivity index (χ2n) is 11.2. The van der Waals surface area contributed by atoms with Gasteiger partial charge < -0.3 is 20.3 Å². The summed E-state index contributed by atoms with van der Waals surface area (Å²) in [5.74, 6) is -0.447. The first-order chi connectivity index (χ1) is 16.1. The Balaban J connectivity index is 1.35. The Morgan fingerprint density at radius 2 is 1.85 bits per heavy atom. The van der Waals surface area contributed by atoms with Crippen molar-refractivity contribution >= 4 is 23.6 Å². The number of aliphatic hydroxyl groups is 1. The first-order valence-electron chi connectivity index (χ1n) is 12.6. The van der Waals surface area contributed by atoms with E-state index in [2.05, 4.69) is 19.2 Å². The number of carbonyl (C=O) groups is 4. The third-order valence-corrected chi connectivity index (χ3v) is 9.52. The van der Waals surface area contributed by atoms with Crippen molar-refractivity contribution in [1.82, 2.24) is 5.32 Å². The fourth-order valence-electron chi connectivity index (χ4n) is 7.59. The summed E-state index contributed by atoms with van der Waals surface area (Å²) < 4.78 is 5.90. The number of allylic oxidation sites excluding steroid dienone is 1. The molecule has 4 aliphatic carbocycles. The molecular formula is C26H37NO7. The second kappa shape index (κ2) is 9.44. The number of nitrogens with one attached hydrogen (secondary N) is 1. The third kappa shape index (κ3) is 4.41. The highest BCUT2D eigenvalue weighted by Crippen LogP contribution is 2.65. The lowest BCUT2D eigenvalue weighted by molar-refractivity contribution is -0.160. The molecule has 0 saturated heterocycles.